The molecule has 0 unspecified atom stereocenters. The molecule has 1 aromatic heterocycles. The van der Waals surface area contributed by atoms with Crippen molar-refractivity contribution in [2.45, 2.75) is 13.1 Å². The quantitative estimate of drug-likeness (QED) is 0.813. The van der Waals surface area contributed by atoms with Gasteiger partial charge in [0.2, 0.25) is 0 Å². The van der Waals surface area contributed by atoms with Crippen molar-refractivity contribution in [3.63, 3.8) is 0 Å². The first-order chi connectivity index (χ1) is 9.15. The van der Waals surface area contributed by atoms with Gasteiger partial charge in [0.15, 0.2) is 5.82 Å². The van der Waals surface area contributed by atoms with Gasteiger partial charge in [0.25, 0.3) is 0 Å². The van der Waals surface area contributed by atoms with Gasteiger partial charge in [0.05, 0.1) is 18.8 Å². The average Bonchev–Trinajstić information content (AvgIpc) is 2.84. The summed E-state index contributed by atoms with van der Waals surface area (Å²) in [6.45, 7) is 0.505. The molecule has 5 nitrogen and oxygen atoms in total. The van der Waals surface area contributed by atoms with Crippen LogP contribution >= 0.6 is 11.6 Å². The second kappa shape index (κ2) is 4.51. The number of hydrogen-bond acceptors (Lipinski definition) is 3. The first kappa shape index (κ1) is 11.9. The Morgan fingerprint density at radius 1 is 1.21 bits per heavy atom. The van der Waals surface area contributed by atoms with E-state index >= 15 is 0 Å². The second-order valence-electron chi connectivity index (χ2n) is 4.27. The first-order valence-electron chi connectivity index (χ1n) is 5.73. The minimum atomic E-state index is -0.977. The van der Waals surface area contributed by atoms with Gasteiger partial charge in [-0.05, 0) is 0 Å². The lowest BCUT2D eigenvalue weighted by Crippen LogP contribution is -2.22. The molecule has 0 fully saturated rings. The number of benzene rings is 1. The molecule has 6 heteroatoms. The third-order valence-electron chi connectivity index (χ3n) is 3.03. The van der Waals surface area contributed by atoms with Crippen molar-refractivity contribution in [2.75, 3.05) is 0 Å². The van der Waals surface area contributed by atoms with Crippen LogP contribution in [0.3, 0.4) is 0 Å². The number of nitrogens with zero attached hydrogens (tertiary/aromatic N) is 3. The normalized spacial score (nSPS) is 13.4. The average molecular weight is 276 g/mol. The maximum atomic E-state index is 11.0. The SMILES string of the molecule is O=C(O)N1Cc2nc(-c3ccccc3)nc(Cl)c2C1. The fraction of sp³-hybridized carbons (Fsp3) is 0.154. The Morgan fingerprint density at radius 2 is 1.95 bits per heavy atom. The van der Waals surface area contributed by atoms with Crippen molar-refractivity contribution < 1.29 is 9.90 Å². The van der Waals surface area contributed by atoms with Crippen molar-refractivity contribution in [1.82, 2.24) is 14.9 Å². The van der Waals surface area contributed by atoms with Gasteiger partial charge in [-0.25, -0.2) is 14.8 Å². The molecule has 0 spiro atoms. The zero-order chi connectivity index (χ0) is 13.4. The molecule has 1 N–H and O–H groups in total. The molecule has 96 valence electrons. The highest BCUT2D eigenvalue weighted by Gasteiger charge is 2.27. The van der Waals surface area contributed by atoms with E-state index in [1.165, 1.54) is 4.90 Å². The van der Waals surface area contributed by atoms with Crippen molar-refractivity contribution in [3.05, 3.63) is 46.7 Å². The van der Waals surface area contributed by atoms with Gasteiger partial charge in [0, 0.05) is 11.1 Å². The van der Waals surface area contributed by atoms with E-state index in [0.29, 0.717) is 22.2 Å². The molecule has 0 saturated carbocycles. The third-order valence-corrected chi connectivity index (χ3v) is 3.35. The number of aromatic nitrogens is 2. The highest BCUT2D eigenvalue weighted by atomic mass is 35.5. The monoisotopic (exact) mass is 275 g/mol. The summed E-state index contributed by atoms with van der Waals surface area (Å²) in [4.78, 5) is 20.9. The van der Waals surface area contributed by atoms with Gasteiger partial charge < -0.3 is 5.11 Å². The number of hydrogen-bond donors (Lipinski definition) is 1. The lowest BCUT2D eigenvalue weighted by Gasteiger charge is -2.08. The molecule has 19 heavy (non-hydrogen) atoms. The van der Waals surface area contributed by atoms with E-state index in [0.717, 1.165) is 5.56 Å². The van der Waals surface area contributed by atoms with Gasteiger partial charge in [-0.3, -0.25) is 4.90 Å². The summed E-state index contributed by atoms with van der Waals surface area (Å²) in [5.74, 6) is 0.525. The maximum absolute atomic E-state index is 11.0. The zero-order valence-corrected chi connectivity index (χ0v) is 10.6. The summed E-state index contributed by atoms with van der Waals surface area (Å²) in [6, 6.07) is 9.47. The molecule has 1 aliphatic rings. The van der Waals surface area contributed by atoms with Crippen LogP contribution in [0.15, 0.2) is 30.3 Å². The van der Waals surface area contributed by atoms with E-state index in [9.17, 15) is 4.79 Å². The minimum Gasteiger partial charge on any atom is -0.465 e. The number of carbonyl (C=O) groups is 1. The van der Waals surface area contributed by atoms with Crippen molar-refractivity contribution in [2.24, 2.45) is 0 Å². The molecular weight excluding hydrogens is 266 g/mol. The summed E-state index contributed by atoms with van der Waals surface area (Å²) in [6.07, 6.45) is -0.977. The minimum absolute atomic E-state index is 0.249. The summed E-state index contributed by atoms with van der Waals surface area (Å²) in [7, 11) is 0. The zero-order valence-electron chi connectivity index (χ0n) is 9.88. The molecular formula is C13H10ClN3O2. The molecule has 1 aromatic carbocycles. The molecule has 0 atom stereocenters. The van der Waals surface area contributed by atoms with Crippen LogP contribution in [-0.4, -0.2) is 26.1 Å². The molecule has 1 amide bonds. The fourth-order valence-corrected chi connectivity index (χ4v) is 2.32. The number of fused-ring (bicyclic) bond motifs is 1. The smallest absolute Gasteiger partial charge is 0.407 e. The Balaban J connectivity index is 2.03. The summed E-state index contributed by atoms with van der Waals surface area (Å²) < 4.78 is 0. The number of rotatable bonds is 1. The summed E-state index contributed by atoms with van der Waals surface area (Å²) >= 11 is 6.12. The summed E-state index contributed by atoms with van der Waals surface area (Å²) in [5, 5.41) is 9.32. The van der Waals surface area contributed by atoms with Gasteiger partial charge in [-0.2, -0.15) is 0 Å². The number of halogens is 1. The van der Waals surface area contributed by atoms with E-state index in [2.05, 4.69) is 9.97 Å². The lowest BCUT2D eigenvalue weighted by molar-refractivity contribution is 0.145. The predicted octanol–water partition coefficient (Wildman–Crippen LogP) is 2.79. The Bertz CT molecular complexity index is 646. The fourth-order valence-electron chi connectivity index (χ4n) is 2.07. The molecule has 1 aliphatic heterocycles. The molecule has 3 rings (SSSR count). The number of amides is 1. The van der Waals surface area contributed by atoms with Crippen LogP contribution in [0.25, 0.3) is 11.4 Å². The van der Waals surface area contributed by atoms with Crippen LogP contribution in [0, 0.1) is 0 Å². The largest absolute Gasteiger partial charge is 0.465 e. The molecule has 0 aliphatic carbocycles. The van der Waals surface area contributed by atoms with Gasteiger partial charge >= 0.3 is 6.09 Å². The van der Waals surface area contributed by atoms with E-state index in [1.54, 1.807) is 0 Å². The van der Waals surface area contributed by atoms with E-state index in [4.69, 9.17) is 16.7 Å². The highest BCUT2D eigenvalue weighted by molar-refractivity contribution is 6.30. The predicted molar refractivity (Wildman–Crippen MR) is 69.7 cm³/mol. The second-order valence-corrected chi connectivity index (χ2v) is 4.63. The van der Waals surface area contributed by atoms with E-state index in [1.807, 2.05) is 30.3 Å². The molecule has 0 radical (unpaired) electrons. The van der Waals surface area contributed by atoms with Crippen LogP contribution in [0.2, 0.25) is 5.15 Å². The maximum Gasteiger partial charge on any atom is 0.407 e. The highest BCUT2D eigenvalue weighted by Crippen LogP contribution is 2.29. The lowest BCUT2D eigenvalue weighted by atomic mass is 10.2. The topological polar surface area (TPSA) is 66.3 Å². The van der Waals surface area contributed by atoms with Gasteiger partial charge in [-0.15, -0.1) is 0 Å². The Kier molecular flexibility index (Phi) is 2.83. The van der Waals surface area contributed by atoms with Crippen LogP contribution in [0.4, 0.5) is 4.79 Å². The van der Waals surface area contributed by atoms with Crippen molar-refractivity contribution in [3.8, 4) is 11.4 Å². The van der Waals surface area contributed by atoms with Crippen LogP contribution < -0.4 is 0 Å². The molecule has 0 saturated heterocycles. The molecule has 2 heterocycles. The van der Waals surface area contributed by atoms with E-state index in [-0.39, 0.29) is 13.1 Å². The van der Waals surface area contributed by atoms with Gasteiger partial charge in [0.1, 0.15) is 5.15 Å². The Labute approximate surface area is 114 Å². The van der Waals surface area contributed by atoms with Crippen LogP contribution in [0.5, 0.6) is 0 Å². The Morgan fingerprint density at radius 3 is 2.63 bits per heavy atom. The Hall–Kier alpha value is -2.14. The third kappa shape index (κ3) is 2.13. The standard InChI is InChI=1S/C13H10ClN3O2/c14-11-9-6-17(13(18)19)7-10(9)15-12(16-11)8-4-2-1-3-5-8/h1-5H,6-7H2,(H,18,19). The number of carboxylic acid groups (broad SMARTS) is 1. The molecule has 2 aromatic rings. The summed E-state index contributed by atoms with van der Waals surface area (Å²) in [5.41, 5.74) is 2.24. The van der Waals surface area contributed by atoms with Crippen molar-refractivity contribution >= 4 is 17.7 Å². The molecule has 0 bridgehead atoms. The first-order valence-corrected chi connectivity index (χ1v) is 6.11. The van der Waals surface area contributed by atoms with Gasteiger partial charge in [-0.1, -0.05) is 41.9 Å². The van der Waals surface area contributed by atoms with E-state index < -0.39 is 6.09 Å². The van der Waals surface area contributed by atoms with Crippen LogP contribution in [-0.2, 0) is 13.1 Å². The van der Waals surface area contributed by atoms with Crippen molar-refractivity contribution in [1.29, 1.82) is 0 Å². The van der Waals surface area contributed by atoms with Crippen LogP contribution in [0.1, 0.15) is 11.3 Å².